The average molecular weight is 769 g/mol. The van der Waals surface area contributed by atoms with Gasteiger partial charge in [-0.3, -0.25) is 0 Å². The van der Waals surface area contributed by atoms with Crippen molar-refractivity contribution < 1.29 is 14.2 Å². The van der Waals surface area contributed by atoms with Crippen molar-refractivity contribution in [2.75, 3.05) is 19.8 Å². The fourth-order valence-electron chi connectivity index (χ4n) is 7.67. The molecular formula is C48H60N6O3. The molecule has 0 fully saturated rings. The van der Waals surface area contributed by atoms with Crippen LogP contribution in [0.5, 0.6) is 17.2 Å². The molecule has 9 nitrogen and oxygen atoms in total. The molecule has 0 aromatic heterocycles. The van der Waals surface area contributed by atoms with E-state index in [-0.39, 0.29) is 0 Å². The highest BCUT2D eigenvalue weighted by molar-refractivity contribution is 6.34. The molecule has 7 rings (SSSR count). The van der Waals surface area contributed by atoms with E-state index in [0.29, 0.717) is 54.8 Å². The maximum Gasteiger partial charge on any atom is 0.164 e. The first-order valence-electron chi connectivity index (χ1n) is 22.0. The van der Waals surface area contributed by atoms with Gasteiger partial charge in [-0.15, -0.1) is 0 Å². The molecular weight excluding hydrogens is 709 g/mol. The van der Waals surface area contributed by atoms with Crippen molar-refractivity contribution in [2.45, 2.75) is 136 Å². The zero-order valence-corrected chi connectivity index (χ0v) is 34.5. The first kappa shape index (κ1) is 40.3. The van der Waals surface area contributed by atoms with Gasteiger partial charge < -0.3 is 14.2 Å². The van der Waals surface area contributed by atoms with Gasteiger partial charge in [0.2, 0.25) is 0 Å². The number of nitrogens with zero attached hydrogens (tertiary/aromatic N) is 6. The highest BCUT2D eigenvalue weighted by Gasteiger charge is 2.31. The number of aliphatic imine (C=N–C) groups is 6. The van der Waals surface area contributed by atoms with Crippen LogP contribution in [0, 0.1) is 0 Å². The molecule has 0 saturated heterocycles. The Balaban J connectivity index is 1.18. The van der Waals surface area contributed by atoms with Gasteiger partial charge in [-0.25, -0.2) is 30.0 Å². The summed E-state index contributed by atoms with van der Waals surface area (Å²) in [5.74, 6) is 5.68. The Hall–Kier alpha value is -4.92. The highest BCUT2D eigenvalue weighted by Crippen LogP contribution is 2.33. The smallest absolute Gasteiger partial charge is 0.164 e. The summed E-state index contributed by atoms with van der Waals surface area (Å²) in [5, 5.41) is 0. The minimum absolute atomic E-state index is 0.544. The Morgan fingerprint density at radius 1 is 0.298 bits per heavy atom. The highest BCUT2D eigenvalue weighted by atomic mass is 16.5. The fraction of sp³-hybridized carbons (Fsp3) is 0.500. The van der Waals surface area contributed by atoms with Gasteiger partial charge in [0.15, 0.2) is 35.0 Å². The van der Waals surface area contributed by atoms with Gasteiger partial charge >= 0.3 is 0 Å². The number of ether oxygens (including phenoxy) is 3. The first-order chi connectivity index (χ1) is 28.1. The van der Waals surface area contributed by atoms with E-state index in [2.05, 4.69) is 20.8 Å². The van der Waals surface area contributed by atoms with Crippen LogP contribution in [0.25, 0.3) is 0 Å². The zero-order valence-electron chi connectivity index (χ0n) is 34.5. The molecule has 0 saturated carbocycles. The lowest BCUT2D eigenvalue weighted by Gasteiger charge is -2.09. The molecule has 0 N–H and O–H groups in total. The Kier molecular flexibility index (Phi) is 14.5. The lowest BCUT2D eigenvalue weighted by molar-refractivity contribution is 0.304. The third kappa shape index (κ3) is 10.3. The van der Waals surface area contributed by atoms with Crippen LogP contribution in [0.15, 0.2) is 84.6 Å². The third-order valence-corrected chi connectivity index (χ3v) is 11.0. The summed E-state index contributed by atoms with van der Waals surface area (Å²) < 4.78 is 18.8. The molecule has 6 bridgehead atoms. The molecule has 300 valence electrons. The molecule has 4 aliphatic rings. The summed E-state index contributed by atoms with van der Waals surface area (Å²) in [4.78, 5) is 30.4. The molecule has 0 unspecified atom stereocenters. The SMILES string of the molecule is CCCCCCCCOc1ccc2c(c1)C1=NC3=NC(=NC4=NC(=NC2=N1)c1cc(OCCCCCCCC)ccc14)c1cc(OCCCCCCCC)ccc13. The molecule has 0 spiro atoms. The Morgan fingerprint density at radius 3 is 0.825 bits per heavy atom. The van der Waals surface area contributed by atoms with E-state index >= 15 is 0 Å². The van der Waals surface area contributed by atoms with Crippen LogP contribution in [0.1, 0.15) is 170 Å². The fourth-order valence-corrected chi connectivity index (χ4v) is 7.67. The molecule has 3 aromatic rings. The molecule has 0 amide bonds. The van der Waals surface area contributed by atoms with Gasteiger partial charge in [0.05, 0.1) is 19.8 Å². The summed E-state index contributed by atoms with van der Waals surface area (Å²) in [6.45, 7) is 8.77. The number of benzene rings is 3. The number of rotatable bonds is 24. The van der Waals surface area contributed by atoms with Crippen molar-refractivity contribution in [3.05, 3.63) is 88.0 Å². The van der Waals surface area contributed by atoms with Crippen LogP contribution in [0.4, 0.5) is 0 Å². The van der Waals surface area contributed by atoms with Gasteiger partial charge in [-0.2, -0.15) is 0 Å². The molecule has 4 aliphatic heterocycles. The number of hydrogen-bond donors (Lipinski definition) is 0. The predicted octanol–water partition coefficient (Wildman–Crippen LogP) is 11.8. The summed E-state index contributed by atoms with van der Waals surface area (Å²) >= 11 is 0. The Bertz CT molecular complexity index is 1830. The lowest BCUT2D eigenvalue weighted by Crippen LogP contribution is -2.04. The molecule has 0 atom stereocenters. The van der Waals surface area contributed by atoms with Crippen LogP contribution in [-0.4, -0.2) is 54.8 Å². The molecule has 0 aliphatic carbocycles. The quantitative estimate of drug-likeness (QED) is 0.0848. The Labute approximate surface area is 339 Å². The van der Waals surface area contributed by atoms with Gasteiger partial charge in [-0.1, -0.05) is 117 Å². The maximum absolute atomic E-state index is 6.27. The number of amidine groups is 6. The van der Waals surface area contributed by atoms with Crippen LogP contribution in [0.2, 0.25) is 0 Å². The lowest BCUT2D eigenvalue weighted by atomic mass is 10.1. The largest absolute Gasteiger partial charge is 0.494 e. The van der Waals surface area contributed by atoms with Crippen LogP contribution < -0.4 is 14.2 Å². The van der Waals surface area contributed by atoms with Crippen molar-refractivity contribution in [3.63, 3.8) is 0 Å². The molecule has 0 radical (unpaired) electrons. The average Bonchev–Trinajstić information content (AvgIpc) is 3.87. The van der Waals surface area contributed by atoms with Crippen molar-refractivity contribution in [3.8, 4) is 17.2 Å². The minimum atomic E-state index is 0.544. The van der Waals surface area contributed by atoms with Crippen LogP contribution in [-0.2, 0) is 0 Å². The summed E-state index contributed by atoms with van der Waals surface area (Å²) in [7, 11) is 0. The number of hydrogen-bond acceptors (Lipinski definition) is 9. The first-order valence-corrected chi connectivity index (χ1v) is 22.0. The van der Waals surface area contributed by atoms with E-state index in [4.69, 9.17) is 44.2 Å². The normalized spacial score (nSPS) is 14.6. The van der Waals surface area contributed by atoms with E-state index in [1.54, 1.807) is 0 Å². The van der Waals surface area contributed by atoms with E-state index in [1.807, 2.05) is 54.6 Å². The van der Waals surface area contributed by atoms with E-state index in [0.717, 1.165) is 69.9 Å². The molecule has 4 heterocycles. The van der Waals surface area contributed by atoms with E-state index in [1.165, 1.54) is 96.3 Å². The summed E-state index contributed by atoms with van der Waals surface area (Å²) in [5.41, 5.74) is 5.23. The monoisotopic (exact) mass is 768 g/mol. The van der Waals surface area contributed by atoms with Gasteiger partial charge in [0.25, 0.3) is 0 Å². The van der Waals surface area contributed by atoms with Crippen molar-refractivity contribution in [1.29, 1.82) is 0 Å². The molecule has 3 aromatic carbocycles. The van der Waals surface area contributed by atoms with E-state index < -0.39 is 0 Å². The topological polar surface area (TPSA) is 102 Å². The van der Waals surface area contributed by atoms with Crippen molar-refractivity contribution >= 4 is 35.0 Å². The summed E-state index contributed by atoms with van der Waals surface area (Å²) in [6.07, 6.45) is 21.8. The van der Waals surface area contributed by atoms with Gasteiger partial charge in [0, 0.05) is 33.4 Å². The standard InChI is InChI=1S/C48H60N6O3/c1-4-7-10-13-16-19-28-55-34-22-25-37-40(31-34)46-49-43(37)53-47-42-33-36(57-30-21-18-15-12-9-6-3)24-27-39(42)45(51-47)54-48-41-32-35(23-26-38(41)44(50-48)52-46)56-29-20-17-14-11-8-5-2/h22-27,31-33H,4-21,28-30H2,1-3H3. The summed E-state index contributed by atoms with van der Waals surface area (Å²) in [6, 6.07) is 18.3. The third-order valence-electron chi connectivity index (χ3n) is 11.0. The Morgan fingerprint density at radius 2 is 0.544 bits per heavy atom. The van der Waals surface area contributed by atoms with Gasteiger partial charge in [0.1, 0.15) is 17.2 Å². The predicted molar refractivity (Wildman–Crippen MR) is 235 cm³/mol. The molecule has 57 heavy (non-hydrogen) atoms. The second kappa shape index (κ2) is 20.5. The second-order valence-electron chi connectivity index (χ2n) is 15.6. The van der Waals surface area contributed by atoms with Gasteiger partial charge in [-0.05, 0) is 73.9 Å². The second-order valence-corrected chi connectivity index (χ2v) is 15.6. The molecule has 9 heteroatoms. The van der Waals surface area contributed by atoms with E-state index in [9.17, 15) is 0 Å². The van der Waals surface area contributed by atoms with Crippen LogP contribution in [0.3, 0.4) is 0 Å². The number of fused-ring (bicyclic) bond motifs is 12. The van der Waals surface area contributed by atoms with Crippen LogP contribution >= 0.6 is 0 Å². The maximum atomic E-state index is 6.27. The van der Waals surface area contributed by atoms with Crippen molar-refractivity contribution in [1.82, 2.24) is 0 Å². The zero-order chi connectivity index (χ0) is 39.2. The number of unbranched alkanes of at least 4 members (excludes halogenated alkanes) is 15. The van der Waals surface area contributed by atoms with Crippen molar-refractivity contribution in [2.24, 2.45) is 30.0 Å². The minimum Gasteiger partial charge on any atom is -0.494 e.